The molecule has 0 saturated heterocycles. The van der Waals surface area contributed by atoms with Crippen molar-refractivity contribution in [2.45, 2.75) is 6.18 Å². The highest BCUT2D eigenvalue weighted by molar-refractivity contribution is 5.91. The standard InChI is InChI=1S/C13H8F5N3O3/c1-24-9-8(12(22)23)20-11(21-10(9)19)4-2-3-5(13(16,17)18)7(15)6(4)14/h2-3H,1H3,(H,22,23)(H2,19,20,21). The summed E-state index contributed by atoms with van der Waals surface area (Å²) < 4.78 is 69.9. The minimum absolute atomic E-state index is 0.290. The summed E-state index contributed by atoms with van der Waals surface area (Å²) in [6.07, 6.45) is -5.10. The third-order valence-electron chi connectivity index (χ3n) is 2.93. The second-order valence-corrected chi connectivity index (χ2v) is 4.41. The van der Waals surface area contributed by atoms with E-state index in [0.717, 1.165) is 7.11 Å². The van der Waals surface area contributed by atoms with Crippen LogP contribution in [-0.4, -0.2) is 28.2 Å². The largest absolute Gasteiger partial charge is 0.491 e. The lowest BCUT2D eigenvalue weighted by molar-refractivity contribution is -0.140. The molecule has 0 fully saturated rings. The smallest absolute Gasteiger partial charge is 0.419 e. The van der Waals surface area contributed by atoms with Gasteiger partial charge in [-0.15, -0.1) is 0 Å². The molecule has 6 nitrogen and oxygen atoms in total. The second kappa shape index (κ2) is 5.91. The van der Waals surface area contributed by atoms with Gasteiger partial charge in [-0.05, 0) is 12.1 Å². The zero-order chi connectivity index (χ0) is 18.2. The van der Waals surface area contributed by atoms with E-state index in [1.165, 1.54) is 0 Å². The summed E-state index contributed by atoms with van der Waals surface area (Å²) in [5.74, 6) is -7.26. The SMILES string of the molecule is COc1c(N)nc(-c2ccc(C(F)(F)F)c(F)c2F)nc1C(=O)O. The fourth-order valence-corrected chi connectivity index (χ4v) is 1.88. The van der Waals surface area contributed by atoms with Gasteiger partial charge in [0, 0.05) is 0 Å². The number of halogens is 5. The second-order valence-electron chi connectivity index (χ2n) is 4.41. The summed E-state index contributed by atoms with van der Waals surface area (Å²) in [4.78, 5) is 18.1. The summed E-state index contributed by atoms with van der Waals surface area (Å²) in [6.45, 7) is 0. The Balaban J connectivity index is 2.70. The van der Waals surface area contributed by atoms with Crippen molar-refractivity contribution in [3.8, 4) is 17.1 Å². The van der Waals surface area contributed by atoms with E-state index in [1.54, 1.807) is 0 Å². The number of nitrogens with two attached hydrogens (primary N) is 1. The molecular formula is C13H8F5N3O3. The Bertz CT molecular complexity index is 823. The highest BCUT2D eigenvalue weighted by atomic mass is 19.4. The number of carboxylic acid groups (broad SMARTS) is 1. The van der Waals surface area contributed by atoms with Gasteiger partial charge in [0.05, 0.1) is 18.2 Å². The Kier molecular flexibility index (Phi) is 4.28. The van der Waals surface area contributed by atoms with Gasteiger partial charge in [-0.3, -0.25) is 0 Å². The molecular weight excluding hydrogens is 341 g/mol. The topological polar surface area (TPSA) is 98.3 Å². The number of alkyl halides is 3. The molecule has 0 unspecified atom stereocenters. The molecule has 128 valence electrons. The fourth-order valence-electron chi connectivity index (χ4n) is 1.88. The molecule has 11 heteroatoms. The number of nitrogen functional groups attached to an aromatic ring is 1. The molecule has 0 aliphatic rings. The summed E-state index contributed by atoms with van der Waals surface area (Å²) in [5.41, 5.74) is 2.11. The van der Waals surface area contributed by atoms with Crippen LogP contribution in [0, 0.1) is 11.6 Å². The predicted molar refractivity (Wildman–Crippen MR) is 70.3 cm³/mol. The van der Waals surface area contributed by atoms with Crippen LogP contribution in [0.3, 0.4) is 0 Å². The monoisotopic (exact) mass is 349 g/mol. The van der Waals surface area contributed by atoms with Gasteiger partial charge in [0.15, 0.2) is 34.7 Å². The molecule has 3 N–H and O–H groups in total. The molecule has 0 radical (unpaired) electrons. The van der Waals surface area contributed by atoms with Gasteiger partial charge in [0.25, 0.3) is 0 Å². The van der Waals surface area contributed by atoms with E-state index in [9.17, 15) is 26.7 Å². The van der Waals surface area contributed by atoms with Crippen LogP contribution in [0.15, 0.2) is 12.1 Å². The number of aromatic carboxylic acids is 1. The molecule has 0 aliphatic carbocycles. The summed E-state index contributed by atoms with van der Waals surface area (Å²) in [5, 5.41) is 9.02. The van der Waals surface area contributed by atoms with Gasteiger partial charge >= 0.3 is 12.1 Å². The Labute approximate surface area is 130 Å². The first-order valence-electron chi connectivity index (χ1n) is 6.08. The van der Waals surface area contributed by atoms with E-state index in [4.69, 9.17) is 15.6 Å². The first-order chi connectivity index (χ1) is 11.1. The van der Waals surface area contributed by atoms with Gasteiger partial charge in [0.1, 0.15) is 0 Å². The molecule has 1 aromatic heterocycles. The normalized spacial score (nSPS) is 11.4. The van der Waals surface area contributed by atoms with Crippen molar-refractivity contribution in [1.29, 1.82) is 0 Å². The maximum atomic E-state index is 14.0. The van der Waals surface area contributed by atoms with E-state index in [2.05, 4.69) is 9.97 Å². The van der Waals surface area contributed by atoms with Gasteiger partial charge < -0.3 is 15.6 Å². The highest BCUT2D eigenvalue weighted by Gasteiger charge is 2.36. The first-order valence-corrected chi connectivity index (χ1v) is 6.08. The molecule has 0 saturated carbocycles. The van der Waals surface area contributed by atoms with Crippen LogP contribution in [0.1, 0.15) is 16.1 Å². The third-order valence-corrected chi connectivity index (χ3v) is 2.93. The van der Waals surface area contributed by atoms with Crippen LogP contribution in [0.4, 0.5) is 27.8 Å². The minimum Gasteiger partial charge on any atom is -0.491 e. The van der Waals surface area contributed by atoms with Gasteiger partial charge in [-0.25, -0.2) is 23.5 Å². The molecule has 24 heavy (non-hydrogen) atoms. The van der Waals surface area contributed by atoms with Crippen molar-refractivity contribution < 1.29 is 36.6 Å². The van der Waals surface area contributed by atoms with Crippen LogP contribution in [0.2, 0.25) is 0 Å². The maximum absolute atomic E-state index is 14.0. The molecule has 1 heterocycles. The zero-order valence-electron chi connectivity index (χ0n) is 11.8. The lowest BCUT2D eigenvalue weighted by Crippen LogP contribution is -2.12. The average Bonchev–Trinajstić information content (AvgIpc) is 2.47. The number of carboxylic acids is 1. The molecule has 2 rings (SSSR count). The number of benzene rings is 1. The molecule has 2 aromatic rings. The molecule has 0 atom stereocenters. The Hall–Kier alpha value is -2.98. The van der Waals surface area contributed by atoms with Gasteiger partial charge in [0.2, 0.25) is 0 Å². The number of nitrogens with zero attached hydrogens (tertiary/aromatic N) is 2. The maximum Gasteiger partial charge on any atom is 0.419 e. The number of aromatic nitrogens is 2. The summed E-state index contributed by atoms with van der Waals surface area (Å²) >= 11 is 0. The lowest BCUT2D eigenvalue weighted by Gasteiger charge is -2.12. The minimum atomic E-state index is -5.10. The molecule has 0 bridgehead atoms. The number of methoxy groups -OCH3 is 1. The third kappa shape index (κ3) is 2.92. The zero-order valence-corrected chi connectivity index (χ0v) is 11.8. The van der Waals surface area contributed by atoms with Crippen molar-refractivity contribution >= 4 is 11.8 Å². The lowest BCUT2D eigenvalue weighted by atomic mass is 10.1. The molecule has 0 amide bonds. The van der Waals surface area contributed by atoms with E-state index >= 15 is 0 Å². The quantitative estimate of drug-likeness (QED) is 0.827. The predicted octanol–water partition coefficient (Wildman–Crippen LogP) is 2.73. The Morgan fingerprint density at radius 2 is 1.83 bits per heavy atom. The highest BCUT2D eigenvalue weighted by Crippen LogP contribution is 2.35. The Morgan fingerprint density at radius 3 is 2.33 bits per heavy atom. The fraction of sp³-hybridized carbons (Fsp3) is 0.154. The molecule has 0 spiro atoms. The number of carbonyl (C=O) groups is 1. The van der Waals surface area contributed by atoms with Crippen molar-refractivity contribution in [1.82, 2.24) is 9.97 Å². The number of hydrogen-bond acceptors (Lipinski definition) is 5. The molecule has 0 aliphatic heterocycles. The van der Waals surface area contributed by atoms with Crippen LogP contribution in [0.5, 0.6) is 5.75 Å². The Morgan fingerprint density at radius 1 is 1.21 bits per heavy atom. The van der Waals surface area contributed by atoms with Crippen LogP contribution >= 0.6 is 0 Å². The number of ether oxygens (including phenoxy) is 1. The first kappa shape index (κ1) is 17.4. The van der Waals surface area contributed by atoms with Crippen molar-refractivity contribution in [2.75, 3.05) is 12.8 Å². The van der Waals surface area contributed by atoms with Crippen LogP contribution < -0.4 is 10.5 Å². The number of anilines is 1. The van der Waals surface area contributed by atoms with E-state index in [1.807, 2.05) is 0 Å². The van der Waals surface area contributed by atoms with E-state index in [0.29, 0.717) is 6.07 Å². The van der Waals surface area contributed by atoms with Crippen molar-refractivity contribution in [3.05, 3.63) is 35.0 Å². The van der Waals surface area contributed by atoms with Crippen LogP contribution in [-0.2, 0) is 6.18 Å². The number of rotatable bonds is 3. The summed E-state index contributed by atoms with van der Waals surface area (Å²) in [7, 11) is 1.08. The van der Waals surface area contributed by atoms with Crippen molar-refractivity contribution in [3.63, 3.8) is 0 Å². The average molecular weight is 349 g/mol. The summed E-state index contributed by atoms with van der Waals surface area (Å²) in [6, 6.07) is 0.867. The van der Waals surface area contributed by atoms with Crippen LogP contribution in [0.25, 0.3) is 11.4 Å². The number of hydrogen-bond donors (Lipinski definition) is 2. The molecule has 1 aromatic carbocycles. The van der Waals surface area contributed by atoms with Gasteiger partial charge in [-0.2, -0.15) is 13.2 Å². The van der Waals surface area contributed by atoms with E-state index < -0.39 is 58.0 Å². The van der Waals surface area contributed by atoms with Crippen molar-refractivity contribution in [2.24, 2.45) is 0 Å². The van der Waals surface area contributed by atoms with E-state index in [-0.39, 0.29) is 6.07 Å². The van der Waals surface area contributed by atoms with Gasteiger partial charge in [-0.1, -0.05) is 0 Å².